The monoisotopic (exact) mass is 262 g/mol. The molecule has 0 amide bonds. The van der Waals surface area contributed by atoms with Gasteiger partial charge in [-0.05, 0) is 35.4 Å². The first-order chi connectivity index (χ1) is 9.10. The lowest BCUT2D eigenvalue weighted by molar-refractivity contribution is 0.0600. The van der Waals surface area contributed by atoms with E-state index < -0.39 is 11.8 Å². The Bertz CT molecular complexity index is 609. The number of hydrogen-bond acceptors (Lipinski definition) is 2. The maximum atomic E-state index is 13.8. The number of carbonyl (C=O) groups is 1. The molecule has 0 aliphatic heterocycles. The maximum Gasteiger partial charge on any atom is 0.337 e. The Morgan fingerprint density at radius 2 is 1.95 bits per heavy atom. The highest BCUT2D eigenvalue weighted by atomic mass is 19.1. The Kier molecular flexibility index (Phi) is 3.90. The van der Waals surface area contributed by atoms with E-state index in [1.165, 1.54) is 31.4 Å². The van der Waals surface area contributed by atoms with Gasteiger partial charge >= 0.3 is 5.97 Å². The minimum atomic E-state index is -0.587. The number of hydrogen-bond donors (Lipinski definition) is 0. The minimum Gasteiger partial charge on any atom is -0.465 e. The Labute approximate surface area is 109 Å². The summed E-state index contributed by atoms with van der Waals surface area (Å²) in [7, 11) is 1.24. The number of methoxy groups -OCH3 is 1. The Morgan fingerprint density at radius 1 is 1.16 bits per heavy atom. The molecule has 0 saturated carbocycles. The third-order valence-corrected chi connectivity index (χ3v) is 2.76. The highest BCUT2D eigenvalue weighted by Crippen LogP contribution is 2.16. The molecule has 19 heavy (non-hydrogen) atoms. The van der Waals surface area contributed by atoms with Crippen LogP contribution in [0.3, 0.4) is 0 Å². The van der Waals surface area contributed by atoms with Gasteiger partial charge in [-0.3, -0.25) is 0 Å². The van der Waals surface area contributed by atoms with Crippen LogP contribution in [0.4, 0.5) is 8.78 Å². The summed E-state index contributed by atoms with van der Waals surface area (Å²) >= 11 is 0. The van der Waals surface area contributed by atoms with E-state index in [1.807, 2.05) is 0 Å². The molecule has 0 heterocycles. The number of halogens is 2. The molecular formula is C15H12F2O2. The van der Waals surface area contributed by atoms with Crippen molar-refractivity contribution in [1.82, 2.24) is 0 Å². The summed E-state index contributed by atoms with van der Waals surface area (Å²) in [6, 6.07) is 10.1. The molecule has 0 fully saturated rings. The van der Waals surface area contributed by atoms with Crippen LogP contribution in [0.1, 0.15) is 21.5 Å². The molecule has 2 rings (SSSR count). The summed E-state index contributed by atoms with van der Waals surface area (Å²) in [6.45, 7) is 0. The first kappa shape index (κ1) is 13.2. The summed E-state index contributed by atoms with van der Waals surface area (Å²) in [5.41, 5.74) is 1.23. The smallest absolute Gasteiger partial charge is 0.337 e. The van der Waals surface area contributed by atoms with E-state index in [0.29, 0.717) is 11.1 Å². The molecule has 2 aromatic rings. The molecular weight excluding hydrogens is 250 g/mol. The van der Waals surface area contributed by atoms with Crippen molar-refractivity contribution in [2.75, 3.05) is 7.11 Å². The lowest BCUT2D eigenvalue weighted by Crippen LogP contribution is -2.03. The Hall–Kier alpha value is -2.23. The van der Waals surface area contributed by atoms with Crippen molar-refractivity contribution >= 4 is 5.97 Å². The molecule has 0 saturated heterocycles. The minimum absolute atomic E-state index is 0.156. The number of esters is 1. The quantitative estimate of drug-likeness (QED) is 0.793. The van der Waals surface area contributed by atoms with Gasteiger partial charge in [0.15, 0.2) is 0 Å². The molecule has 0 spiro atoms. The molecule has 0 unspecified atom stereocenters. The van der Waals surface area contributed by atoms with E-state index >= 15 is 0 Å². The van der Waals surface area contributed by atoms with E-state index in [1.54, 1.807) is 12.1 Å². The second-order valence-electron chi connectivity index (χ2n) is 4.10. The average Bonchev–Trinajstić information content (AvgIpc) is 2.40. The van der Waals surface area contributed by atoms with Crippen LogP contribution in [-0.2, 0) is 11.2 Å². The van der Waals surface area contributed by atoms with Crippen molar-refractivity contribution in [2.45, 2.75) is 6.42 Å². The van der Waals surface area contributed by atoms with Gasteiger partial charge in [0.1, 0.15) is 11.6 Å². The predicted molar refractivity (Wildman–Crippen MR) is 66.9 cm³/mol. The topological polar surface area (TPSA) is 26.3 Å². The molecule has 0 aliphatic rings. The van der Waals surface area contributed by atoms with Gasteiger partial charge in [-0.2, -0.15) is 0 Å². The van der Waals surface area contributed by atoms with E-state index in [9.17, 15) is 13.6 Å². The number of benzene rings is 2. The van der Waals surface area contributed by atoms with Crippen LogP contribution < -0.4 is 0 Å². The van der Waals surface area contributed by atoms with Crippen molar-refractivity contribution in [3.05, 3.63) is 70.8 Å². The second kappa shape index (κ2) is 5.61. The van der Waals surface area contributed by atoms with Crippen molar-refractivity contribution in [1.29, 1.82) is 0 Å². The molecule has 98 valence electrons. The molecule has 0 N–H and O–H groups in total. The SMILES string of the molecule is COC(=O)c1ccc(Cc2cccc(F)c2)c(F)c1. The van der Waals surface area contributed by atoms with E-state index in [2.05, 4.69) is 4.74 Å². The molecule has 2 nitrogen and oxygen atoms in total. The van der Waals surface area contributed by atoms with Gasteiger partial charge in [0, 0.05) is 6.42 Å². The zero-order valence-electron chi connectivity index (χ0n) is 10.3. The fourth-order valence-corrected chi connectivity index (χ4v) is 1.80. The average molecular weight is 262 g/mol. The fraction of sp³-hybridized carbons (Fsp3) is 0.133. The van der Waals surface area contributed by atoms with Crippen molar-refractivity contribution < 1.29 is 18.3 Å². The lowest BCUT2D eigenvalue weighted by atomic mass is 10.0. The van der Waals surface area contributed by atoms with Gasteiger partial charge in [0.2, 0.25) is 0 Å². The molecule has 0 aliphatic carbocycles. The molecule has 0 radical (unpaired) electrons. The first-order valence-corrected chi connectivity index (χ1v) is 5.71. The zero-order chi connectivity index (χ0) is 13.8. The lowest BCUT2D eigenvalue weighted by Gasteiger charge is -2.06. The molecule has 2 aromatic carbocycles. The highest BCUT2D eigenvalue weighted by molar-refractivity contribution is 5.89. The molecule has 0 bridgehead atoms. The van der Waals surface area contributed by atoms with Gasteiger partial charge in [-0.25, -0.2) is 13.6 Å². The normalized spacial score (nSPS) is 10.3. The van der Waals surface area contributed by atoms with E-state index in [4.69, 9.17) is 0 Å². The number of rotatable bonds is 3. The molecule has 0 atom stereocenters. The third kappa shape index (κ3) is 3.16. The van der Waals surface area contributed by atoms with Gasteiger partial charge in [-0.15, -0.1) is 0 Å². The summed E-state index contributed by atoms with van der Waals surface area (Å²) in [6.07, 6.45) is 0.269. The third-order valence-electron chi connectivity index (χ3n) is 2.76. The van der Waals surface area contributed by atoms with Crippen LogP contribution in [0, 0.1) is 11.6 Å². The van der Waals surface area contributed by atoms with Crippen LogP contribution in [0.2, 0.25) is 0 Å². The summed E-state index contributed by atoms with van der Waals surface area (Å²) in [5.74, 6) is -1.45. The summed E-state index contributed by atoms with van der Waals surface area (Å²) in [4.78, 5) is 11.2. The van der Waals surface area contributed by atoms with Crippen LogP contribution in [0.5, 0.6) is 0 Å². The standard InChI is InChI=1S/C15H12F2O2/c1-19-15(18)12-6-5-11(14(17)9-12)7-10-3-2-4-13(16)8-10/h2-6,8-9H,7H2,1H3. The second-order valence-corrected chi connectivity index (χ2v) is 4.10. The number of carbonyl (C=O) groups excluding carboxylic acids is 1. The van der Waals surface area contributed by atoms with Gasteiger partial charge in [0.05, 0.1) is 12.7 Å². The van der Waals surface area contributed by atoms with Gasteiger partial charge < -0.3 is 4.74 Å². The Morgan fingerprint density at radius 3 is 2.58 bits per heavy atom. The molecule has 0 aromatic heterocycles. The van der Waals surface area contributed by atoms with Crippen LogP contribution >= 0.6 is 0 Å². The van der Waals surface area contributed by atoms with Gasteiger partial charge in [0.25, 0.3) is 0 Å². The summed E-state index contributed by atoms with van der Waals surface area (Å²) in [5, 5.41) is 0. The largest absolute Gasteiger partial charge is 0.465 e. The number of ether oxygens (including phenoxy) is 1. The van der Waals surface area contributed by atoms with Gasteiger partial charge in [-0.1, -0.05) is 18.2 Å². The van der Waals surface area contributed by atoms with Crippen LogP contribution in [0.15, 0.2) is 42.5 Å². The maximum absolute atomic E-state index is 13.8. The van der Waals surface area contributed by atoms with E-state index in [0.717, 1.165) is 6.07 Å². The first-order valence-electron chi connectivity index (χ1n) is 5.71. The molecule has 4 heteroatoms. The van der Waals surface area contributed by atoms with Crippen LogP contribution in [-0.4, -0.2) is 13.1 Å². The highest BCUT2D eigenvalue weighted by Gasteiger charge is 2.10. The summed E-state index contributed by atoms with van der Waals surface area (Å²) < 4.78 is 31.4. The van der Waals surface area contributed by atoms with E-state index in [-0.39, 0.29) is 17.8 Å². The fourth-order valence-electron chi connectivity index (χ4n) is 1.80. The Balaban J connectivity index is 2.24. The van der Waals surface area contributed by atoms with Crippen molar-refractivity contribution in [2.24, 2.45) is 0 Å². The van der Waals surface area contributed by atoms with Crippen molar-refractivity contribution in [3.8, 4) is 0 Å². The predicted octanol–water partition coefficient (Wildman–Crippen LogP) is 3.34. The zero-order valence-corrected chi connectivity index (χ0v) is 10.3. The van der Waals surface area contributed by atoms with Crippen molar-refractivity contribution in [3.63, 3.8) is 0 Å². The van der Waals surface area contributed by atoms with Crippen LogP contribution in [0.25, 0.3) is 0 Å².